The summed E-state index contributed by atoms with van der Waals surface area (Å²) in [4.78, 5) is 26.5. The molecule has 0 fully saturated rings. The molecule has 1 aliphatic rings. The number of fused-ring (bicyclic) bond motifs is 1. The molecular formula is C12H14F2N2O3S. The molecule has 0 aliphatic carbocycles. The van der Waals surface area contributed by atoms with Gasteiger partial charge in [0.05, 0.1) is 6.54 Å². The van der Waals surface area contributed by atoms with Gasteiger partial charge in [0.2, 0.25) is 0 Å². The Morgan fingerprint density at radius 2 is 2.30 bits per heavy atom. The quantitative estimate of drug-likeness (QED) is 0.929. The minimum absolute atomic E-state index is 0.219. The van der Waals surface area contributed by atoms with Gasteiger partial charge < -0.3 is 14.9 Å². The van der Waals surface area contributed by atoms with Gasteiger partial charge in [-0.25, -0.2) is 18.4 Å². The maximum absolute atomic E-state index is 12.3. The number of thiophene rings is 1. The lowest BCUT2D eigenvalue weighted by Gasteiger charge is -2.35. The number of aliphatic carboxylic acids is 1. The van der Waals surface area contributed by atoms with Crippen molar-refractivity contribution in [3.63, 3.8) is 0 Å². The number of hydrogen-bond donors (Lipinski definition) is 1. The van der Waals surface area contributed by atoms with E-state index in [9.17, 15) is 23.5 Å². The molecule has 1 unspecified atom stereocenters. The lowest BCUT2D eigenvalue weighted by molar-refractivity contribution is -0.143. The third-order valence-corrected chi connectivity index (χ3v) is 4.18. The number of carboxylic acid groups (broad SMARTS) is 1. The molecule has 0 aromatic carbocycles. The minimum Gasteiger partial charge on any atom is -0.479 e. The van der Waals surface area contributed by atoms with E-state index < -0.39 is 31.0 Å². The first kappa shape index (κ1) is 14.7. The highest BCUT2D eigenvalue weighted by Crippen LogP contribution is 2.33. The summed E-state index contributed by atoms with van der Waals surface area (Å²) in [7, 11) is 1.25. The fourth-order valence-electron chi connectivity index (χ4n) is 2.29. The summed E-state index contributed by atoms with van der Waals surface area (Å²) in [5, 5.41) is 11.1. The minimum atomic E-state index is -2.64. The molecular weight excluding hydrogens is 290 g/mol. The number of hydrogen-bond acceptors (Lipinski definition) is 3. The van der Waals surface area contributed by atoms with Crippen molar-refractivity contribution in [3.8, 4) is 0 Å². The van der Waals surface area contributed by atoms with Gasteiger partial charge in [-0.2, -0.15) is 0 Å². The summed E-state index contributed by atoms with van der Waals surface area (Å²) in [5.41, 5.74) is 0.576. The first-order chi connectivity index (χ1) is 9.41. The van der Waals surface area contributed by atoms with Crippen molar-refractivity contribution in [1.29, 1.82) is 0 Å². The molecule has 0 radical (unpaired) electrons. The van der Waals surface area contributed by atoms with E-state index in [2.05, 4.69) is 0 Å². The normalized spacial score (nSPS) is 18.0. The van der Waals surface area contributed by atoms with E-state index >= 15 is 0 Å². The summed E-state index contributed by atoms with van der Waals surface area (Å²) in [6.07, 6.45) is -2.10. The molecule has 0 bridgehead atoms. The van der Waals surface area contributed by atoms with Crippen LogP contribution in [0.4, 0.5) is 13.6 Å². The number of urea groups is 1. The average Bonchev–Trinajstić information content (AvgIpc) is 2.83. The van der Waals surface area contributed by atoms with E-state index in [1.54, 1.807) is 11.4 Å². The average molecular weight is 304 g/mol. The molecule has 0 saturated carbocycles. The topological polar surface area (TPSA) is 60.9 Å². The first-order valence-electron chi connectivity index (χ1n) is 6.00. The van der Waals surface area contributed by atoms with Gasteiger partial charge in [0.25, 0.3) is 6.43 Å². The fourth-order valence-corrected chi connectivity index (χ4v) is 3.20. The highest BCUT2D eigenvalue weighted by molar-refractivity contribution is 7.10. The largest absolute Gasteiger partial charge is 0.479 e. The van der Waals surface area contributed by atoms with Gasteiger partial charge in [0.1, 0.15) is 0 Å². The number of rotatable bonds is 3. The number of amides is 2. The number of carbonyl (C=O) groups excluding carboxylic acids is 1. The maximum atomic E-state index is 12.3. The number of carboxylic acids is 1. The SMILES string of the molecule is CN(CC(F)F)C(=O)N1CCc2sccc2C1C(=O)O. The van der Waals surface area contributed by atoms with Crippen molar-refractivity contribution in [2.75, 3.05) is 20.1 Å². The second-order valence-corrected chi connectivity index (χ2v) is 5.54. The number of halogens is 2. The molecule has 0 saturated heterocycles. The zero-order valence-corrected chi connectivity index (χ0v) is 11.6. The molecule has 20 heavy (non-hydrogen) atoms. The highest BCUT2D eigenvalue weighted by Gasteiger charge is 2.38. The van der Waals surface area contributed by atoms with Crippen LogP contribution in [0, 0.1) is 0 Å². The van der Waals surface area contributed by atoms with Crippen LogP contribution in [0.25, 0.3) is 0 Å². The van der Waals surface area contributed by atoms with Crippen molar-refractivity contribution in [3.05, 3.63) is 21.9 Å². The number of nitrogens with zero attached hydrogens (tertiary/aromatic N) is 2. The van der Waals surface area contributed by atoms with Crippen molar-refractivity contribution in [2.45, 2.75) is 18.9 Å². The Labute approximate surface area is 118 Å². The van der Waals surface area contributed by atoms with Crippen LogP contribution < -0.4 is 0 Å². The molecule has 1 N–H and O–H groups in total. The van der Waals surface area contributed by atoms with Gasteiger partial charge in [-0.3, -0.25) is 0 Å². The van der Waals surface area contributed by atoms with Crippen LogP contribution in [0.2, 0.25) is 0 Å². The monoisotopic (exact) mass is 304 g/mol. The zero-order chi connectivity index (χ0) is 14.9. The second-order valence-electron chi connectivity index (χ2n) is 4.54. The summed E-state index contributed by atoms with van der Waals surface area (Å²) < 4.78 is 24.7. The number of alkyl halides is 2. The van der Waals surface area contributed by atoms with Crippen LogP contribution in [-0.2, 0) is 11.2 Å². The fraction of sp³-hybridized carbons (Fsp3) is 0.500. The Kier molecular flexibility index (Phi) is 4.22. The standard InChI is InChI=1S/C12H14F2N2O3S/c1-15(6-9(13)14)12(19)16-4-2-8-7(3-5-20-8)10(16)11(17)18/h3,5,9-10H,2,4,6H2,1H3,(H,17,18). The Bertz CT molecular complexity index is 521. The molecule has 1 aliphatic heterocycles. The van der Waals surface area contributed by atoms with Crippen LogP contribution in [0.15, 0.2) is 11.4 Å². The van der Waals surface area contributed by atoms with E-state index in [1.165, 1.54) is 18.4 Å². The smallest absolute Gasteiger partial charge is 0.331 e. The third kappa shape index (κ3) is 2.74. The molecule has 1 aromatic rings. The van der Waals surface area contributed by atoms with Gasteiger partial charge in [-0.1, -0.05) is 0 Å². The van der Waals surface area contributed by atoms with Gasteiger partial charge in [-0.15, -0.1) is 11.3 Å². The molecule has 2 heterocycles. The van der Waals surface area contributed by atoms with Gasteiger partial charge >= 0.3 is 12.0 Å². The predicted octanol–water partition coefficient (Wildman–Crippen LogP) is 2.05. The second kappa shape index (κ2) is 5.74. The molecule has 1 atom stereocenters. The van der Waals surface area contributed by atoms with E-state index in [0.29, 0.717) is 12.0 Å². The van der Waals surface area contributed by atoms with Crippen molar-refractivity contribution < 1.29 is 23.5 Å². The summed E-state index contributed by atoms with van der Waals surface area (Å²) in [6, 6.07) is -0.113. The molecule has 8 heteroatoms. The Morgan fingerprint density at radius 1 is 1.60 bits per heavy atom. The lowest BCUT2D eigenvalue weighted by Crippen LogP contribution is -2.49. The van der Waals surface area contributed by atoms with E-state index in [1.807, 2.05) is 0 Å². The maximum Gasteiger partial charge on any atom is 0.331 e. The summed E-state index contributed by atoms with van der Waals surface area (Å²) in [6.45, 7) is -0.491. The lowest BCUT2D eigenvalue weighted by atomic mass is 10.0. The van der Waals surface area contributed by atoms with Crippen molar-refractivity contribution >= 4 is 23.3 Å². The Balaban J connectivity index is 2.23. The van der Waals surface area contributed by atoms with E-state index in [4.69, 9.17) is 0 Å². The third-order valence-electron chi connectivity index (χ3n) is 3.18. The molecule has 110 valence electrons. The first-order valence-corrected chi connectivity index (χ1v) is 6.88. The van der Waals surface area contributed by atoms with Gasteiger partial charge in [0, 0.05) is 18.5 Å². The van der Waals surface area contributed by atoms with Crippen molar-refractivity contribution in [1.82, 2.24) is 9.80 Å². The molecule has 5 nitrogen and oxygen atoms in total. The predicted molar refractivity (Wildman–Crippen MR) is 69.1 cm³/mol. The number of carbonyl (C=O) groups is 2. The molecule has 1 aromatic heterocycles. The summed E-state index contributed by atoms with van der Waals surface area (Å²) >= 11 is 1.44. The van der Waals surface area contributed by atoms with Crippen LogP contribution in [0.1, 0.15) is 16.5 Å². The van der Waals surface area contributed by atoms with Crippen LogP contribution in [0.3, 0.4) is 0 Å². The Morgan fingerprint density at radius 3 is 2.90 bits per heavy atom. The van der Waals surface area contributed by atoms with E-state index in [-0.39, 0.29) is 6.54 Å². The zero-order valence-electron chi connectivity index (χ0n) is 10.8. The highest BCUT2D eigenvalue weighted by atomic mass is 32.1. The van der Waals surface area contributed by atoms with Crippen LogP contribution >= 0.6 is 11.3 Å². The van der Waals surface area contributed by atoms with Gasteiger partial charge in [0.15, 0.2) is 6.04 Å². The van der Waals surface area contributed by atoms with Crippen LogP contribution in [-0.4, -0.2) is 53.5 Å². The molecule has 0 spiro atoms. The van der Waals surface area contributed by atoms with E-state index in [0.717, 1.165) is 14.7 Å². The molecule has 2 amide bonds. The van der Waals surface area contributed by atoms with Crippen molar-refractivity contribution in [2.24, 2.45) is 0 Å². The Hall–Kier alpha value is -1.70. The summed E-state index contributed by atoms with van der Waals surface area (Å²) in [5.74, 6) is -1.15. The van der Waals surface area contributed by atoms with Crippen LogP contribution in [0.5, 0.6) is 0 Å². The molecule has 2 rings (SSSR count). The van der Waals surface area contributed by atoms with Gasteiger partial charge in [-0.05, 0) is 23.4 Å².